The van der Waals surface area contributed by atoms with E-state index in [4.69, 9.17) is 5.73 Å². The van der Waals surface area contributed by atoms with Crippen LogP contribution in [0.5, 0.6) is 0 Å². The van der Waals surface area contributed by atoms with Crippen molar-refractivity contribution in [3.63, 3.8) is 0 Å². The predicted octanol–water partition coefficient (Wildman–Crippen LogP) is 4.32. The molecule has 4 heteroatoms. The minimum atomic E-state index is -0.375. The molecule has 0 aliphatic rings. The molecule has 0 unspecified atom stereocenters. The summed E-state index contributed by atoms with van der Waals surface area (Å²) in [5.41, 5.74) is 9.59. The molecule has 1 aromatic heterocycles. The molecule has 3 nitrogen and oxygen atoms in total. The zero-order valence-corrected chi connectivity index (χ0v) is 12.5. The number of halogens is 1. The molecule has 3 aromatic rings. The second-order valence-electron chi connectivity index (χ2n) is 5.22. The largest absolute Gasteiger partial charge is 0.383 e. The Morgan fingerprint density at radius 3 is 2.30 bits per heavy atom. The first-order valence-electron chi connectivity index (χ1n) is 7.13. The summed E-state index contributed by atoms with van der Waals surface area (Å²) in [6, 6.07) is 17.9. The Morgan fingerprint density at radius 2 is 1.65 bits per heavy atom. The van der Waals surface area contributed by atoms with Crippen LogP contribution in [0.25, 0.3) is 22.4 Å². The molecule has 0 atom stereocenters. The first-order valence-corrected chi connectivity index (χ1v) is 7.13. The van der Waals surface area contributed by atoms with Gasteiger partial charge in [-0.05, 0) is 36.2 Å². The fourth-order valence-corrected chi connectivity index (χ4v) is 2.58. The molecule has 0 bridgehead atoms. The maximum atomic E-state index is 14.1. The number of hydrogen-bond acceptors (Lipinski definition) is 3. The van der Waals surface area contributed by atoms with E-state index >= 15 is 0 Å². The molecule has 2 N–H and O–H groups in total. The summed E-state index contributed by atoms with van der Waals surface area (Å²) >= 11 is 0. The van der Waals surface area contributed by atoms with Crippen LogP contribution < -0.4 is 5.73 Å². The molecule has 0 saturated carbocycles. The quantitative estimate of drug-likeness (QED) is 0.767. The third kappa shape index (κ3) is 2.65. The van der Waals surface area contributed by atoms with Crippen LogP contribution in [-0.4, -0.2) is 4.98 Å². The van der Waals surface area contributed by atoms with Gasteiger partial charge in [-0.15, -0.1) is 0 Å². The normalized spacial score (nSPS) is 10.3. The summed E-state index contributed by atoms with van der Waals surface area (Å²) in [4.78, 5) is 4.21. The molecular formula is C19H14FN3. The number of benzene rings is 2. The number of rotatable bonds is 2. The highest BCUT2D eigenvalue weighted by Gasteiger charge is 2.16. The summed E-state index contributed by atoms with van der Waals surface area (Å²) in [6.45, 7) is 1.95. The van der Waals surface area contributed by atoms with Crippen LogP contribution in [0, 0.1) is 24.1 Å². The van der Waals surface area contributed by atoms with E-state index < -0.39 is 0 Å². The smallest absolute Gasteiger partial charge is 0.142 e. The molecule has 3 rings (SSSR count). The number of nitriles is 1. The summed E-state index contributed by atoms with van der Waals surface area (Å²) in [5.74, 6) is -0.272. The number of hydrogen-bond donors (Lipinski definition) is 1. The molecule has 0 fully saturated rings. The third-order valence-corrected chi connectivity index (χ3v) is 3.74. The van der Waals surface area contributed by atoms with Gasteiger partial charge in [0.05, 0.1) is 5.69 Å². The van der Waals surface area contributed by atoms with Gasteiger partial charge in [0.15, 0.2) is 0 Å². The summed E-state index contributed by atoms with van der Waals surface area (Å²) in [6.07, 6.45) is 0. The summed E-state index contributed by atoms with van der Waals surface area (Å²) in [5, 5.41) is 9.42. The summed E-state index contributed by atoms with van der Waals surface area (Å²) < 4.78 is 14.1. The van der Waals surface area contributed by atoms with E-state index in [1.807, 2.05) is 31.2 Å². The van der Waals surface area contributed by atoms with Gasteiger partial charge in [-0.2, -0.15) is 5.26 Å². The second-order valence-corrected chi connectivity index (χ2v) is 5.22. The molecule has 0 radical (unpaired) electrons. The van der Waals surface area contributed by atoms with E-state index in [1.165, 1.54) is 6.07 Å². The zero-order chi connectivity index (χ0) is 16.4. The monoisotopic (exact) mass is 303 g/mol. The van der Waals surface area contributed by atoms with Crippen molar-refractivity contribution in [3.05, 3.63) is 71.5 Å². The highest BCUT2D eigenvalue weighted by atomic mass is 19.1. The van der Waals surface area contributed by atoms with E-state index in [9.17, 15) is 9.65 Å². The minimum absolute atomic E-state index is 0.103. The SMILES string of the molecule is Cc1ccccc1-c1cc(-c2ccccc2F)nc(N)c1C#N. The fourth-order valence-electron chi connectivity index (χ4n) is 2.58. The Labute approximate surface area is 133 Å². The number of pyridine rings is 1. The Hall–Kier alpha value is -3.19. The average molecular weight is 303 g/mol. The maximum Gasteiger partial charge on any atom is 0.142 e. The molecule has 2 aromatic carbocycles. The number of nitrogens with two attached hydrogens (primary N) is 1. The molecule has 0 spiro atoms. The van der Waals surface area contributed by atoms with Gasteiger partial charge in [0.2, 0.25) is 0 Å². The van der Waals surface area contributed by atoms with Crippen molar-refractivity contribution in [1.29, 1.82) is 5.26 Å². The second kappa shape index (κ2) is 5.90. The van der Waals surface area contributed by atoms with E-state index in [2.05, 4.69) is 11.1 Å². The van der Waals surface area contributed by atoms with Crippen LogP contribution in [0.15, 0.2) is 54.6 Å². The Kier molecular flexibility index (Phi) is 3.78. The van der Waals surface area contributed by atoms with Crippen molar-refractivity contribution in [3.8, 4) is 28.5 Å². The highest BCUT2D eigenvalue weighted by Crippen LogP contribution is 2.33. The van der Waals surface area contributed by atoms with Gasteiger partial charge in [0.1, 0.15) is 23.3 Å². The average Bonchev–Trinajstić information content (AvgIpc) is 2.55. The van der Waals surface area contributed by atoms with E-state index in [0.717, 1.165) is 11.1 Å². The Morgan fingerprint density at radius 1 is 1.00 bits per heavy atom. The number of aromatic nitrogens is 1. The van der Waals surface area contributed by atoms with E-state index in [0.29, 0.717) is 22.4 Å². The van der Waals surface area contributed by atoms with E-state index in [1.54, 1.807) is 24.3 Å². The number of nitrogen functional groups attached to an aromatic ring is 1. The standard InChI is InChI=1S/C19H14FN3/c1-12-6-2-3-7-13(12)15-10-18(23-19(22)16(15)11-21)14-8-4-5-9-17(14)20/h2-10H,1H3,(H2,22,23). The lowest BCUT2D eigenvalue weighted by molar-refractivity contribution is 0.631. The van der Waals surface area contributed by atoms with Gasteiger partial charge >= 0.3 is 0 Å². The molecule has 0 saturated heterocycles. The van der Waals surface area contributed by atoms with Gasteiger partial charge in [-0.1, -0.05) is 36.4 Å². The van der Waals surface area contributed by atoms with Crippen molar-refractivity contribution in [2.75, 3.05) is 5.73 Å². The zero-order valence-electron chi connectivity index (χ0n) is 12.5. The van der Waals surface area contributed by atoms with Gasteiger partial charge in [0, 0.05) is 11.1 Å². The first kappa shape index (κ1) is 14.7. The lowest BCUT2D eigenvalue weighted by Gasteiger charge is -2.12. The predicted molar refractivity (Wildman–Crippen MR) is 88.9 cm³/mol. The Bertz CT molecular complexity index is 926. The number of anilines is 1. The highest BCUT2D eigenvalue weighted by molar-refractivity contribution is 5.81. The molecule has 112 valence electrons. The molecular weight excluding hydrogens is 289 g/mol. The maximum absolute atomic E-state index is 14.1. The molecule has 0 aliphatic carbocycles. The van der Waals surface area contributed by atoms with Gasteiger partial charge in [-0.25, -0.2) is 9.37 Å². The van der Waals surface area contributed by atoms with Crippen LogP contribution in [0.4, 0.5) is 10.2 Å². The molecule has 23 heavy (non-hydrogen) atoms. The van der Waals surface area contributed by atoms with Crippen LogP contribution >= 0.6 is 0 Å². The van der Waals surface area contributed by atoms with Crippen LogP contribution in [0.1, 0.15) is 11.1 Å². The van der Waals surface area contributed by atoms with Crippen molar-refractivity contribution < 1.29 is 4.39 Å². The van der Waals surface area contributed by atoms with Crippen LogP contribution in [0.3, 0.4) is 0 Å². The van der Waals surface area contributed by atoms with Crippen LogP contribution in [-0.2, 0) is 0 Å². The Balaban J connectivity index is 2.30. The summed E-state index contributed by atoms with van der Waals surface area (Å²) in [7, 11) is 0. The van der Waals surface area contributed by atoms with Crippen molar-refractivity contribution in [2.24, 2.45) is 0 Å². The lowest BCUT2D eigenvalue weighted by atomic mass is 9.95. The molecule has 0 aliphatic heterocycles. The lowest BCUT2D eigenvalue weighted by Crippen LogP contribution is -2.01. The topological polar surface area (TPSA) is 62.7 Å². The van der Waals surface area contributed by atoms with Gasteiger partial charge < -0.3 is 5.73 Å². The van der Waals surface area contributed by atoms with Crippen molar-refractivity contribution >= 4 is 5.82 Å². The van der Waals surface area contributed by atoms with Gasteiger partial charge in [-0.3, -0.25) is 0 Å². The van der Waals surface area contributed by atoms with Crippen molar-refractivity contribution in [1.82, 2.24) is 4.98 Å². The van der Waals surface area contributed by atoms with E-state index in [-0.39, 0.29) is 11.6 Å². The molecule has 0 amide bonds. The number of nitrogens with zero attached hydrogens (tertiary/aromatic N) is 2. The fraction of sp³-hybridized carbons (Fsp3) is 0.0526. The van der Waals surface area contributed by atoms with Gasteiger partial charge in [0.25, 0.3) is 0 Å². The number of aryl methyl sites for hydroxylation is 1. The minimum Gasteiger partial charge on any atom is -0.383 e. The van der Waals surface area contributed by atoms with Crippen molar-refractivity contribution in [2.45, 2.75) is 6.92 Å². The third-order valence-electron chi connectivity index (χ3n) is 3.74. The first-order chi connectivity index (χ1) is 11.1. The molecule has 1 heterocycles. The van der Waals surface area contributed by atoms with Crippen LogP contribution in [0.2, 0.25) is 0 Å².